The van der Waals surface area contributed by atoms with Crippen molar-refractivity contribution in [1.82, 2.24) is 5.32 Å². The Hall–Kier alpha value is -4.24. The second-order valence-corrected chi connectivity index (χ2v) is 7.63. The molecule has 0 aliphatic carbocycles. The Morgan fingerprint density at radius 3 is 2.47 bits per heavy atom. The second kappa shape index (κ2) is 10.6. The summed E-state index contributed by atoms with van der Waals surface area (Å²) in [6, 6.07) is 19.9. The van der Waals surface area contributed by atoms with Crippen LogP contribution >= 0.6 is 0 Å². The zero-order valence-electron chi connectivity index (χ0n) is 18.1. The van der Waals surface area contributed by atoms with Gasteiger partial charge in [0.2, 0.25) is 0 Å². The van der Waals surface area contributed by atoms with Gasteiger partial charge in [-0.15, -0.1) is 0 Å². The number of amides is 1. The molecule has 4 rings (SSSR count). The van der Waals surface area contributed by atoms with Gasteiger partial charge in [0.05, 0.1) is 24.0 Å². The van der Waals surface area contributed by atoms with Gasteiger partial charge in [0.25, 0.3) is 11.6 Å². The molecular weight excluding hydrogens is 440 g/mol. The Morgan fingerprint density at radius 1 is 1.06 bits per heavy atom. The highest BCUT2D eigenvalue weighted by atomic mass is 16.7. The van der Waals surface area contributed by atoms with E-state index in [-0.39, 0.29) is 38.0 Å². The van der Waals surface area contributed by atoms with Gasteiger partial charge >= 0.3 is 5.97 Å². The Balaban J connectivity index is 1.48. The van der Waals surface area contributed by atoms with Crippen LogP contribution in [0.4, 0.5) is 5.69 Å². The number of nitro groups is 1. The van der Waals surface area contributed by atoms with Crippen LogP contribution in [0.3, 0.4) is 0 Å². The number of benzene rings is 3. The Bertz CT molecular complexity index is 1180. The van der Waals surface area contributed by atoms with Crippen molar-refractivity contribution in [3.8, 4) is 5.75 Å². The molecule has 1 aliphatic rings. The molecule has 0 bridgehead atoms. The molecule has 34 heavy (non-hydrogen) atoms. The van der Waals surface area contributed by atoms with E-state index in [1.807, 2.05) is 36.4 Å². The van der Waals surface area contributed by atoms with Crippen molar-refractivity contribution >= 4 is 17.6 Å². The third-order valence-electron chi connectivity index (χ3n) is 5.29. The number of nitrogens with one attached hydrogen (secondary N) is 1. The van der Waals surface area contributed by atoms with E-state index < -0.39 is 16.9 Å². The summed E-state index contributed by atoms with van der Waals surface area (Å²) < 4.78 is 16.1. The molecule has 0 aromatic heterocycles. The minimum Gasteiger partial charge on any atom is -0.467 e. The van der Waals surface area contributed by atoms with Crippen LogP contribution in [0.15, 0.2) is 72.8 Å². The number of rotatable bonds is 8. The summed E-state index contributed by atoms with van der Waals surface area (Å²) in [6.45, 7) is -0.0378. The lowest BCUT2D eigenvalue weighted by Gasteiger charge is -2.21. The maximum atomic E-state index is 12.7. The van der Waals surface area contributed by atoms with E-state index in [0.29, 0.717) is 22.4 Å². The predicted octanol–water partition coefficient (Wildman–Crippen LogP) is 4.07. The Labute approximate surface area is 195 Å². The molecule has 0 saturated heterocycles. The summed E-state index contributed by atoms with van der Waals surface area (Å²) in [6.07, 6.45) is -0.121. The van der Waals surface area contributed by atoms with E-state index in [4.69, 9.17) is 14.2 Å². The summed E-state index contributed by atoms with van der Waals surface area (Å²) in [7, 11) is 0. The molecule has 1 N–H and O–H groups in total. The highest BCUT2D eigenvalue weighted by Gasteiger charge is 2.24. The topological polar surface area (TPSA) is 117 Å². The molecular formula is C25H22N2O7. The van der Waals surface area contributed by atoms with Gasteiger partial charge in [-0.25, -0.2) is 0 Å². The zero-order chi connectivity index (χ0) is 23.9. The number of ether oxygens (including phenoxy) is 3. The molecule has 9 heteroatoms. The largest absolute Gasteiger partial charge is 0.467 e. The molecule has 1 aliphatic heterocycles. The SMILES string of the molecule is O=C(C[C@H](NC(=O)c1ccccc1)c1ccccc1)OCc1cc([N+](=O)[O-])cc2c1OCOC2. The first kappa shape index (κ1) is 22.9. The van der Waals surface area contributed by atoms with Crippen molar-refractivity contribution in [2.75, 3.05) is 6.79 Å². The first-order valence-electron chi connectivity index (χ1n) is 10.6. The van der Waals surface area contributed by atoms with Gasteiger partial charge in [-0.05, 0) is 17.7 Å². The summed E-state index contributed by atoms with van der Waals surface area (Å²) in [5.41, 5.74) is 1.97. The third kappa shape index (κ3) is 5.57. The van der Waals surface area contributed by atoms with E-state index in [0.717, 1.165) is 5.56 Å². The van der Waals surface area contributed by atoms with Crippen LogP contribution in [0, 0.1) is 10.1 Å². The van der Waals surface area contributed by atoms with E-state index in [1.54, 1.807) is 24.3 Å². The van der Waals surface area contributed by atoms with E-state index >= 15 is 0 Å². The molecule has 1 atom stereocenters. The fraction of sp³-hybridized carbons (Fsp3) is 0.200. The fourth-order valence-electron chi connectivity index (χ4n) is 3.65. The van der Waals surface area contributed by atoms with Crippen LogP contribution in [0.5, 0.6) is 5.75 Å². The van der Waals surface area contributed by atoms with Crippen molar-refractivity contribution < 1.29 is 28.7 Å². The molecule has 0 fully saturated rings. The van der Waals surface area contributed by atoms with Gasteiger partial charge in [-0.3, -0.25) is 19.7 Å². The standard InChI is InChI=1S/C25H22N2O7/c28-23(33-15-20-12-21(27(30)31)11-19-14-32-16-34-24(19)20)13-22(17-7-3-1-4-8-17)26-25(29)18-9-5-2-6-10-18/h1-12,22H,13-16H2,(H,26,29)/t22-/m0/s1. The number of fused-ring (bicyclic) bond motifs is 1. The predicted molar refractivity (Wildman–Crippen MR) is 121 cm³/mol. The van der Waals surface area contributed by atoms with Gasteiger partial charge < -0.3 is 19.5 Å². The average Bonchev–Trinajstić information content (AvgIpc) is 2.87. The molecule has 0 unspecified atom stereocenters. The number of esters is 1. The lowest BCUT2D eigenvalue weighted by Crippen LogP contribution is -2.30. The smallest absolute Gasteiger partial charge is 0.308 e. The molecule has 1 amide bonds. The van der Waals surface area contributed by atoms with Gasteiger partial charge in [0, 0.05) is 28.8 Å². The highest BCUT2D eigenvalue weighted by Crippen LogP contribution is 2.33. The van der Waals surface area contributed by atoms with E-state index in [2.05, 4.69) is 5.32 Å². The van der Waals surface area contributed by atoms with Crippen LogP contribution in [0.1, 0.15) is 39.5 Å². The number of hydrogen-bond donors (Lipinski definition) is 1. The number of nitrogens with zero attached hydrogens (tertiary/aromatic N) is 1. The maximum Gasteiger partial charge on any atom is 0.308 e. The molecule has 1 heterocycles. The molecule has 174 valence electrons. The summed E-state index contributed by atoms with van der Waals surface area (Å²) in [5.74, 6) is -0.473. The molecule has 3 aromatic rings. The van der Waals surface area contributed by atoms with Crippen LogP contribution in [-0.2, 0) is 27.5 Å². The average molecular weight is 462 g/mol. The molecule has 0 saturated carbocycles. The third-order valence-corrected chi connectivity index (χ3v) is 5.29. The van der Waals surface area contributed by atoms with Gasteiger partial charge in [0.1, 0.15) is 12.4 Å². The number of non-ortho nitro benzene ring substituents is 1. The van der Waals surface area contributed by atoms with Crippen molar-refractivity contribution in [2.24, 2.45) is 0 Å². The molecule has 9 nitrogen and oxygen atoms in total. The monoisotopic (exact) mass is 462 g/mol. The maximum absolute atomic E-state index is 12.7. The van der Waals surface area contributed by atoms with Crippen molar-refractivity contribution in [3.63, 3.8) is 0 Å². The van der Waals surface area contributed by atoms with Crippen molar-refractivity contribution in [1.29, 1.82) is 0 Å². The zero-order valence-corrected chi connectivity index (χ0v) is 18.1. The van der Waals surface area contributed by atoms with Gasteiger partial charge in [0.15, 0.2) is 6.79 Å². The molecule has 3 aromatic carbocycles. The lowest BCUT2D eigenvalue weighted by molar-refractivity contribution is -0.385. The van der Waals surface area contributed by atoms with Crippen molar-refractivity contribution in [2.45, 2.75) is 25.7 Å². The number of nitro benzene ring substituents is 1. The van der Waals surface area contributed by atoms with E-state index in [9.17, 15) is 19.7 Å². The second-order valence-electron chi connectivity index (χ2n) is 7.63. The van der Waals surface area contributed by atoms with Crippen LogP contribution in [0.25, 0.3) is 0 Å². The minimum absolute atomic E-state index is 0.00730. The van der Waals surface area contributed by atoms with Crippen LogP contribution in [0.2, 0.25) is 0 Å². The first-order chi connectivity index (χ1) is 16.5. The van der Waals surface area contributed by atoms with Crippen LogP contribution < -0.4 is 10.1 Å². The van der Waals surface area contributed by atoms with Gasteiger partial charge in [-0.2, -0.15) is 0 Å². The number of carbonyl (C=O) groups is 2. The molecule has 0 spiro atoms. The summed E-state index contributed by atoms with van der Waals surface area (Å²) >= 11 is 0. The number of hydrogen-bond acceptors (Lipinski definition) is 7. The lowest BCUT2D eigenvalue weighted by atomic mass is 10.0. The highest BCUT2D eigenvalue weighted by molar-refractivity contribution is 5.94. The van der Waals surface area contributed by atoms with Gasteiger partial charge in [-0.1, -0.05) is 48.5 Å². The normalized spacial score (nSPS) is 13.2. The minimum atomic E-state index is -0.620. The van der Waals surface area contributed by atoms with Crippen LogP contribution in [-0.4, -0.2) is 23.6 Å². The fourth-order valence-corrected chi connectivity index (χ4v) is 3.65. The summed E-state index contributed by atoms with van der Waals surface area (Å²) in [4.78, 5) is 36.2. The van der Waals surface area contributed by atoms with Crippen molar-refractivity contribution in [3.05, 3.63) is 105 Å². The quantitative estimate of drug-likeness (QED) is 0.305. The Kier molecular flexibility index (Phi) is 7.14. The first-order valence-corrected chi connectivity index (χ1v) is 10.6. The molecule has 0 radical (unpaired) electrons. The number of carbonyl (C=O) groups excluding carboxylic acids is 2. The van der Waals surface area contributed by atoms with E-state index in [1.165, 1.54) is 12.1 Å². The summed E-state index contributed by atoms with van der Waals surface area (Å²) in [5, 5.41) is 14.2. The Morgan fingerprint density at radius 2 is 1.76 bits per heavy atom.